The van der Waals surface area contributed by atoms with Crippen molar-refractivity contribution in [2.24, 2.45) is 29.1 Å². The third-order valence-corrected chi connectivity index (χ3v) is 7.84. The van der Waals surface area contributed by atoms with Gasteiger partial charge in [0.1, 0.15) is 12.1 Å². The molecule has 2 aliphatic carbocycles. The number of ether oxygens (including phenoxy) is 1. The average molecular weight is 508 g/mol. The lowest BCUT2D eigenvalue weighted by atomic mass is 9.65. The maximum Gasteiger partial charge on any atom is 0.325 e. The molecule has 0 aromatic rings. The van der Waals surface area contributed by atoms with Crippen LogP contribution in [0.1, 0.15) is 80.1 Å². The molecule has 0 bridgehead atoms. The van der Waals surface area contributed by atoms with Crippen LogP contribution >= 0.6 is 0 Å². The number of esters is 1. The topological polar surface area (TPSA) is 133 Å². The number of nitrogens with one attached hydrogen (secondary N) is 1. The molecule has 0 fully saturated rings. The van der Waals surface area contributed by atoms with Crippen molar-refractivity contribution in [1.82, 2.24) is 5.32 Å². The second kappa shape index (κ2) is 12.9. The normalized spacial score (nSPS) is 28.3. The Morgan fingerprint density at radius 3 is 2.47 bits per heavy atom. The monoisotopic (exact) mass is 507 g/mol. The summed E-state index contributed by atoms with van der Waals surface area (Å²) in [5, 5.41) is 32.0. The number of carbonyl (C=O) groups is 3. The van der Waals surface area contributed by atoms with E-state index >= 15 is 0 Å². The smallest absolute Gasteiger partial charge is 0.325 e. The fraction of sp³-hybridized carbons (Fsp3) is 0.750. The third-order valence-electron chi connectivity index (χ3n) is 7.84. The molecule has 0 aromatic heterocycles. The van der Waals surface area contributed by atoms with E-state index in [1.165, 1.54) is 12.5 Å². The van der Waals surface area contributed by atoms with E-state index in [2.05, 4.69) is 37.4 Å². The van der Waals surface area contributed by atoms with Gasteiger partial charge >= 0.3 is 11.9 Å². The molecule has 0 heterocycles. The van der Waals surface area contributed by atoms with Gasteiger partial charge in [-0.05, 0) is 76.2 Å². The van der Waals surface area contributed by atoms with E-state index in [0.717, 1.165) is 6.42 Å². The highest BCUT2D eigenvalue weighted by Crippen LogP contribution is 2.45. The fourth-order valence-electron chi connectivity index (χ4n) is 5.14. The number of rotatable bonds is 12. The van der Waals surface area contributed by atoms with E-state index in [0.29, 0.717) is 25.2 Å². The maximum absolute atomic E-state index is 12.9. The van der Waals surface area contributed by atoms with Gasteiger partial charge in [0.25, 0.3) is 0 Å². The second-order valence-corrected chi connectivity index (χ2v) is 11.4. The Balaban J connectivity index is 2.02. The van der Waals surface area contributed by atoms with Crippen LogP contribution in [0.5, 0.6) is 0 Å². The van der Waals surface area contributed by atoms with Gasteiger partial charge in [-0.2, -0.15) is 0 Å². The summed E-state index contributed by atoms with van der Waals surface area (Å²) in [5.41, 5.74) is 0.638. The largest absolute Gasteiger partial charge is 0.480 e. The molecule has 1 amide bonds. The minimum absolute atomic E-state index is 0.0271. The molecule has 2 rings (SSSR count). The summed E-state index contributed by atoms with van der Waals surface area (Å²) in [5.74, 6) is -1.14. The summed E-state index contributed by atoms with van der Waals surface area (Å²) < 4.78 is 6.13. The molecule has 0 spiro atoms. The number of allylic oxidation sites excluding steroid dienone is 3. The minimum atomic E-state index is -1.15. The first-order valence-corrected chi connectivity index (χ1v) is 13.2. The number of carboxylic acid groups (broad SMARTS) is 1. The Bertz CT molecular complexity index is 849. The van der Waals surface area contributed by atoms with Gasteiger partial charge in [-0.15, -0.1) is 0 Å². The van der Waals surface area contributed by atoms with Crippen LogP contribution in [0.4, 0.5) is 0 Å². The van der Waals surface area contributed by atoms with Crippen molar-refractivity contribution in [3.05, 3.63) is 23.8 Å². The first-order chi connectivity index (χ1) is 16.7. The van der Waals surface area contributed by atoms with E-state index in [1.54, 1.807) is 0 Å². The molecule has 0 aromatic carbocycles. The molecule has 0 radical (unpaired) electrons. The van der Waals surface area contributed by atoms with E-state index in [9.17, 15) is 24.6 Å². The molecule has 8 atom stereocenters. The number of fused-ring (bicyclic) bond motifs is 1. The van der Waals surface area contributed by atoms with Crippen LogP contribution in [-0.4, -0.2) is 57.5 Å². The van der Waals surface area contributed by atoms with Crippen molar-refractivity contribution in [2.75, 3.05) is 0 Å². The number of hydrogen-bond donors (Lipinski definition) is 4. The van der Waals surface area contributed by atoms with Gasteiger partial charge in [0.2, 0.25) is 5.91 Å². The SMILES string of the molecule is CCC(C)(C)C(=O)O[C@H]1C[C@@H](C)C=C2C=C[C@H](C)[C@H](CC[C@@H](O)C[C@@H](O)CC(=O)NC(C)C(=O)O)C21. The van der Waals surface area contributed by atoms with Crippen LogP contribution < -0.4 is 5.32 Å². The summed E-state index contributed by atoms with van der Waals surface area (Å²) in [6.45, 7) is 11.4. The molecular formula is C28H45NO7. The van der Waals surface area contributed by atoms with Crippen molar-refractivity contribution < 1.29 is 34.4 Å². The highest BCUT2D eigenvalue weighted by Gasteiger charge is 2.42. The zero-order chi connectivity index (χ0) is 27.2. The lowest BCUT2D eigenvalue weighted by molar-refractivity contribution is -0.164. The summed E-state index contributed by atoms with van der Waals surface area (Å²) in [6, 6.07) is -1.04. The number of aliphatic hydroxyl groups is 2. The van der Waals surface area contributed by atoms with Crippen LogP contribution in [0.2, 0.25) is 0 Å². The Morgan fingerprint density at radius 1 is 1.19 bits per heavy atom. The lowest BCUT2D eigenvalue weighted by Gasteiger charge is -2.44. The van der Waals surface area contributed by atoms with E-state index in [1.807, 2.05) is 20.8 Å². The molecule has 8 heteroatoms. The molecule has 204 valence electrons. The maximum atomic E-state index is 12.9. The standard InChI is InChI=1S/C28H45NO7/c1-7-28(5,6)27(35)36-23-13-16(2)12-19-9-8-17(3)22(25(19)23)11-10-20(30)14-21(31)15-24(32)29-18(4)26(33)34/h8-9,12,16-18,20-23,25,30-31H,7,10-11,13-15H2,1-6H3,(H,29,32)(H,33,34)/t16-,17-,18?,20+,21+,22-,23-,25?/m0/s1. The number of carbonyl (C=O) groups excluding carboxylic acids is 2. The number of amides is 1. The fourth-order valence-corrected chi connectivity index (χ4v) is 5.14. The highest BCUT2D eigenvalue weighted by atomic mass is 16.5. The number of hydrogen-bond acceptors (Lipinski definition) is 6. The molecule has 0 saturated heterocycles. The molecule has 2 unspecified atom stereocenters. The number of aliphatic carboxylic acids is 1. The summed E-state index contributed by atoms with van der Waals surface area (Å²) in [7, 11) is 0. The van der Waals surface area contributed by atoms with Gasteiger partial charge in [-0.1, -0.05) is 39.0 Å². The van der Waals surface area contributed by atoms with E-state index < -0.39 is 35.5 Å². The molecule has 8 nitrogen and oxygen atoms in total. The Morgan fingerprint density at radius 2 is 1.86 bits per heavy atom. The Hall–Kier alpha value is -2.19. The predicted octanol–water partition coefficient (Wildman–Crippen LogP) is 3.61. The third kappa shape index (κ3) is 8.17. The molecular weight excluding hydrogens is 462 g/mol. The van der Waals surface area contributed by atoms with Crippen molar-refractivity contribution in [3.8, 4) is 0 Å². The molecule has 0 aliphatic heterocycles. The minimum Gasteiger partial charge on any atom is -0.480 e. The van der Waals surface area contributed by atoms with E-state index in [4.69, 9.17) is 9.84 Å². The molecule has 4 N–H and O–H groups in total. The van der Waals surface area contributed by atoms with Gasteiger partial charge in [0, 0.05) is 5.92 Å². The second-order valence-electron chi connectivity index (χ2n) is 11.4. The van der Waals surface area contributed by atoms with Gasteiger partial charge in [0.15, 0.2) is 0 Å². The van der Waals surface area contributed by atoms with Gasteiger partial charge in [-0.3, -0.25) is 14.4 Å². The van der Waals surface area contributed by atoms with Crippen LogP contribution in [-0.2, 0) is 19.1 Å². The quantitative estimate of drug-likeness (QED) is 0.297. The number of aliphatic hydroxyl groups excluding tert-OH is 2. The summed E-state index contributed by atoms with van der Waals surface area (Å²) in [4.78, 5) is 35.7. The van der Waals surface area contributed by atoms with Crippen LogP contribution in [0.15, 0.2) is 23.8 Å². The van der Waals surface area contributed by atoms with Crippen LogP contribution in [0.25, 0.3) is 0 Å². The van der Waals surface area contributed by atoms with E-state index in [-0.39, 0.29) is 42.7 Å². The zero-order valence-electron chi connectivity index (χ0n) is 22.6. The Kier molecular flexibility index (Phi) is 10.7. The lowest BCUT2D eigenvalue weighted by Crippen LogP contribution is -2.43. The molecule has 36 heavy (non-hydrogen) atoms. The van der Waals surface area contributed by atoms with Crippen molar-refractivity contribution in [3.63, 3.8) is 0 Å². The van der Waals surface area contributed by atoms with Gasteiger partial charge in [0.05, 0.1) is 24.0 Å². The first-order valence-electron chi connectivity index (χ1n) is 13.2. The van der Waals surface area contributed by atoms with Gasteiger partial charge in [-0.25, -0.2) is 0 Å². The molecule has 2 aliphatic rings. The van der Waals surface area contributed by atoms with Crippen molar-refractivity contribution >= 4 is 17.8 Å². The van der Waals surface area contributed by atoms with Crippen molar-refractivity contribution in [1.29, 1.82) is 0 Å². The summed E-state index contributed by atoms with van der Waals surface area (Å²) >= 11 is 0. The highest BCUT2D eigenvalue weighted by molar-refractivity contribution is 5.83. The average Bonchev–Trinajstić information content (AvgIpc) is 2.77. The summed E-state index contributed by atoms with van der Waals surface area (Å²) in [6.07, 6.45) is 6.82. The zero-order valence-corrected chi connectivity index (χ0v) is 22.6. The molecule has 0 saturated carbocycles. The first kappa shape index (κ1) is 30.0. The van der Waals surface area contributed by atoms with Crippen LogP contribution in [0, 0.1) is 29.1 Å². The Labute approximate surface area is 215 Å². The number of carboxylic acids is 1. The van der Waals surface area contributed by atoms with Gasteiger partial charge < -0.3 is 25.4 Å². The predicted molar refractivity (Wildman–Crippen MR) is 137 cm³/mol. The van der Waals surface area contributed by atoms with Crippen LogP contribution in [0.3, 0.4) is 0 Å². The van der Waals surface area contributed by atoms with Crippen molar-refractivity contribution in [2.45, 2.75) is 104 Å².